The minimum atomic E-state index is -0.250. The number of amides is 1. The quantitative estimate of drug-likeness (QED) is 0.639. The highest BCUT2D eigenvalue weighted by atomic mass is 16.3. The molecule has 1 aliphatic heterocycles. The summed E-state index contributed by atoms with van der Waals surface area (Å²) < 4.78 is 0. The van der Waals surface area contributed by atoms with Crippen molar-refractivity contribution in [1.29, 1.82) is 0 Å². The zero-order valence-electron chi connectivity index (χ0n) is 13.4. The van der Waals surface area contributed by atoms with E-state index in [0.717, 1.165) is 39.0 Å². The second-order valence-corrected chi connectivity index (χ2v) is 6.30. The molecule has 0 aromatic rings. The maximum Gasteiger partial charge on any atom is 0.290 e. The highest BCUT2D eigenvalue weighted by Gasteiger charge is 2.20. The zero-order chi connectivity index (χ0) is 16.2. The lowest BCUT2D eigenvalue weighted by molar-refractivity contribution is -0.123. The Labute approximate surface area is 132 Å². The molecule has 22 heavy (non-hydrogen) atoms. The maximum absolute atomic E-state index is 11.8. The fraction of sp³-hybridized carbons (Fsp3) is 0.875. The average Bonchev–Trinajstić information content (AvgIpc) is 3.01. The molecule has 128 valence electrons. The van der Waals surface area contributed by atoms with Crippen molar-refractivity contribution in [1.82, 2.24) is 10.2 Å². The Bertz CT molecular complexity index is 319. The van der Waals surface area contributed by atoms with Gasteiger partial charge >= 0.3 is 0 Å². The Kier molecular flexibility index (Phi) is 9.82. The first-order valence-corrected chi connectivity index (χ1v) is 8.37. The van der Waals surface area contributed by atoms with Crippen LogP contribution in [0.2, 0.25) is 0 Å². The molecule has 1 aliphatic carbocycles. The topological polar surface area (TPSA) is 89.9 Å². The molecule has 0 bridgehead atoms. The van der Waals surface area contributed by atoms with Crippen molar-refractivity contribution < 1.29 is 19.8 Å². The Morgan fingerprint density at radius 2 is 1.82 bits per heavy atom. The van der Waals surface area contributed by atoms with Gasteiger partial charge in [0.15, 0.2) is 0 Å². The minimum absolute atomic E-state index is 0.225. The van der Waals surface area contributed by atoms with Gasteiger partial charge in [-0.05, 0) is 44.1 Å². The molecule has 1 amide bonds. The summed E-state index contributed by atoms with van der Waals surface area (Å²) in [5, 5.41) is 19.1. The van der Waals surface area contributed by atoms with Gasteiger partial charge in [0.1, 0.15) is 0 Å². The number of likely N-dealkylation sites (tertiary alicyclic amines) is 1. The Hall–Kier alpha value is -1.14. The first kappa shape index (κ1) is 18.9. The van der Waals surface area contributed by atoms with Gasteiger partial charge in [-0.3, -0.25) is 9.59 Å². The lowest BCUT2D eigenvalue weighted by Crippen LogP contribution is -2.41. The molecule has 6 nitrogen and oxygen atoms in total. The zero-order valence-corrected chi connectivity index (χ0v) is 13.4. The van der Waals surface area contributed by atoms with Gasteiger partial charge in [-0.25, -0.2) is 0 Å². The van der Waals surface area contributed by atoms with Crippen molar-refractivity contribution in [3.05, 3.63) is 0 Å². The summed E-state index contributed by atoms with van der Waals surface area (Å²) in [5.41, 5.74) is 0. The molecule has 2 rings (SSSR count). The molecule has 1 atom stereocenters. The number of piperidine rings is 1. The number of carbonyl (C=O) groups is 2. The largest absolute Gasteiger partial charge is 0.483 e. The van der Waals surface area contributed by atoms with Crippen LogP contribution in [0.1, 0.15) is 44.9 Å². The van der Waals surface area contributed by atoms with E-state index in [2.05, 4.69) is 10.2 Å². The predicted octanol–water partition coefficient (Wildman–Crippen LogP) is 1.09. The lowest BCUT2D eigenvalue weighted by Gasteiger charge is -2.31. The van der Waals surface area contributed by atoms with Crippen LogP contribution in [0.25, 0.3) is 0 Å². The fourth-order valence-electron chi connectivity index (χ4n) is 3.41. The highest BCUT2D eigenvalue weighted by molar-refractivity contribution is 5.76. The van der Waals surface area contributed by atoms with E-state index < -0.39 is 0 Å². The number of hydrogen-bond acceptors (Lipinski definition) is 4. The molecule has 2 aliphatic rings. The van der Waals surface area contributed by atoms with Crippen LogP contribution in [0.4, 0.5) is 0 Å². The number of aliphatic hydroxyl groups excluding tert-OH is 1. The van der Waals surface area contributed by atoms with Crippen LogP contribution in [0, 0.1) is 11.8 Å². The number of carboxylic acid groups (broad SMARTS) is 1. The van der Waals surface area contributed by atoms with Crippen LogP contribution in [0.15, 0.2) is 0 Å². The molecule has 1 saturated carbocycles. The molecule has 1 unspecified atom stereocenters. The highest BCUT2D eigenvalue weighted by Crippen LogP contribution is 2.27. The van der Waals surface area contributed by atoms with Gasteiger partial charge in [0.2, 0.25) is 5.91 Å². The van der Waals surface area contributed by atoms with Crippen LogP contribution in [-0.2, 0) is 9.59 Å². The minimum Gasteiger partial charge on any atom is -0.483 e. The molecule has 0 spiro atoms. The number of carbonyl (C=O) groups excluding carboxylic acids is 1. The van der Waals surface area contributed by atoms with E-state index in [1.54, 1.807) is 0 Å². The maximum atomic E-state index is 11.8. The summed E-state index contributed by atoms with van der Waals surface area (Å²) >= 11 is 0. The molecule has 0 aromatic carbocycles. The van der Waals surface area contributed by atoms with E-state index in [-0.39, 0.29) is 12.4 Å². The van der Waals surface area contributed by atoms with Gasteiger partial charge in [-0.15, -0.1) is 0 Å². The van der Waals surface area contributed by atoms with Crippen molar-refractivity contribution in [3.8, 4) is 0 Å². The van der Waals surface area contributed by atoms with E-state index in [9.17, 15) is 9.90 Å². The molecule has 1 heterocycles. The average molecular weight is 314 g/mol. The first-order chi connectivity index (χ1) is 10.7. The lowest BCUT2D eigenvalue weighted by atomic mass is 9.99. The molecule has 0 radical (unpaired) electrons. The van der Waals surface area contributed by atoms with Crippen molar-refractivity contribution in [2.24, 2.45) is 11.8 Å². The van der Waals surface area contributed by atoms with Gasteiger partial charge in [-0.1, -0.05) is 12.8 Å². The van der Waals surface area contributed by atoms with E-state index in [1.807, 2.05) is 0 Å². The molecular formula is C16H30N2O4. The predicted molar refractivity (Wildman–Crippen MR) is 84.5 cm³/mol. The van der Waals surface area contributed by atoms with Gasteiger partial charge in [0, 0.05) is 32.7 Å². The van der Waals surface area contributed by atoms with Crippen LogP contribution >= 0.6 is 0 Å². The first-order valence-electron chi connectivity index (χ1n) is 8.37. The van der Waals surface area contributed by atoms with Gasteiger partial charge in [0.25, 0.3) is 6.47 Å². The van der Waals surface area contributed by atoms with E-state index in [4.69, 9.17) is 9.90 Å². The molecule has 0 aromatic heterocycles. The molecule has 1 saturated heterocycles. The molecule has 2 fully saturated rings. The van der Waals surface area contributed by atoms with Crippen molar-refractivity contribution in [3.63, 3.8) is 0 Å². The summed E-state index contributed by atoms with van der Waals surface area (Å²) in [4.78, 5) is 22.5. The summed E-state index contributed by atoms with van der Waals surface area (Å²) in [6, 6.07) is 0. The van der Waals surface area contributed by atoms with Crippen molar-refractivity contribution in [2.75, 3.05) is 32.8 Å². The van der Waals surface area contributed by atoms with Gasteiger partial charge in [0.05, 0.1) is 0 Å². The summed E-state index contributed by atoms with van der Waals surface area (Å²) in [6.07, 6.45) is 8.10. The molecular weight excluding hydrogens is 284 g/mol. The SMILES string of the molecule is O=C(CC1CCCC1)NCCN1CCCC(CO)C1.O=CO. The Morgan fingerprint density at radius 1 is 1.18 bits per heavy atom. The van der Waals surface area contributed by atoms with Crippen LogP contribution < -0.4 is 5.32 Å². The van der Waals surface area contributed by atoms with Crippen molar-refractivity contribution in [2.45, 2.75) is 44.9 Å². The Balaban J connectivity index is 0.000000745. The number of nitrogens with zero attached hydrogens (tertiary/aromatic N) is 1. The van der Waals surface area contributed by atoms with Crippen LogP contribution in [-0.4, -0.2) is 60.3 Å². The summed E-state index contributed by atoms with van der Waals surface area (Å²) in [7, 11) is 0. The third-order valence-electron chi connectivity index (χ3n) is 4.56. The number of nitrogens with one attached hydrogen (secondary N) is 1. The van der Waals surface area contributed by atoms with Crippen LogP contribution in [0.5, 0.6) is 0 Å². The Morgan fingerprint density at radius 3 is 2.45 bits per heavy atom. The van der Waals surface area contributed by atoms with Crippen molar-refractivity contribution >= 4 is 12.4 Å². The number of aliphatic hydroxyl groups is 1. The third-order valence-corrected chi connectivity index (χ3v) is 4.56. The monoisotopic (exact) mass is 314 g/mol. The standard InChI is InChI=1S/C15H28N2O2.CH2O2/c18-12-14-6-3-8-17(11-14)9-7-16-15(19)10-13-4-1-2-5-13;2-1-3/h13-14,18H,1-12H2,(H,16,19);1H,(H,2,3). The van der Waals surface area contributed by atoms with E-state index in [0.29, 0.717) is 18.4 Å². The smallest absolute Gasteiger partial charge is 0.290 e. The second kappa shape index (κ2) is 11.4. The van der Waals surface area contributed by atoms with Gasteiger partial charge < -0.3 is 20.4 Å². The normalized spacial score (nSPS) is 22.7. The second-order valence-electron chi connectivity index (χ2n) is 6.30. The van der Waals surface area contributed by atoms with Gasteiger partial charge in [-0.2, -0.15) is 0 Å². The van der Waals surface area contributed by atoms with Crippen LogP contribution in [0.3, 0.4) is 0 Å². The van der Waals surface area contributed by atoms with E-state index >= 15 is 0 Å². The number of rotatable bonds is 6. The molecule has 3 N–H and O–H groups in total. The number of hydrogen-bond donors (Lipinski definition) is 3. The third kappa shape index (κ3) is 7.75. The fourth-order valence-corrected chi connectivity index (χ4v) is 3.41. The summed E-state index contributed by atoms with van der Waals surface area (Å²) in [5.74, 6) is 1.29. The molecule has 6 heteroatoms. The van der Waals surface area contributed by atoms with E-state index in [1.165, 1.54) is 32.1 Å². The summed E-state index contributed by atoms with van der Waals surface area (Å²) in [6.45, 7) is 3.81.